The van der Waals surface area contributed by atoms with Gasteiger partial charge < -0.3 is 5.32 Å². The lowest BCUT2D eigenvalue weighted by molar-refractivity contribution is -0.123. The van der Waals surface area contributed by atoms with Crippen molar-refractivity contribution in [1.29, 1.82) is 0 Å². The van der Waals surface area contributed by atoms with E-state index < -0.39 is 16.1 Å². The molecule has 2 rings (SSSR count). The molecule has 0 aliphatic rings. The number of nitrogens with one attached hydrogen (secondary N) is 1. The Kier molecular flexibility index (Phi) is 8.07. The molecule has 2 atom stereocenters. The number of benzene rings is 2. The quantitative estimate of drug-likeness (QED) is 0.624. The number of carbonyl (C=O) groups excluding carboxylic acids is 1. The van der Waals surface area contributed by atoms with Gasteiger partial charge in [-0.25, -0.2) is 8.42 Å². The molecular formula is C24H34N2O3S. The number of anilines is 1. The van der Waals surface area contributed by atoms with Gasteiger partial charge >= 0.3 is 0 Å². The third-order valence-corrected chi connectivity index (χ3v) is 6.48. The highest BCUT2D eigenvalue weighted by Gasteiger charge is 2.33. The van der Waals surface area contributed by atoms with Crippen LogP contribution in [0, 0.1) is 19.8 Å². The van der Waals surface area contributed by atoms with Crippen LogP contribution >= 0.6 is 0 Å². The predicted octanol–water partition coefficient (Wildman–Crippen LogP) is 4.75. The number of carbonyl (C=O) groups is 1. The van der Waals surface area contributed by atoms with Crippen LogP contribution in [-0.2, 0) is 14.8 Å². The molecule has 1 N–H and O–H groups in total. The third-order valence-electron chi connectivity index (χ3n) is 5.30. The maximum Gasteiger partial charge on any atom is 0.244 e. The van der Waals surface area contributed by atoms with Crippen LogP contribution in [0.5, 0.6) is 0 Å². The van der Waals surface area contributed by atoms with Crippen molar-refractivity contribution < 1.29 is 13.2 Å². The highest BCUT2D eigenvalue weighted by atomic mass is 32.2. The lowest BCUT2D eigenvalue weighted by Gasteiger charge is -2.32. The molecule has 0 fully saturated rings. The molecule has 0 spiro atoms. The summed E-state index contributed by atoms with van der Waals surface area (Å²) >= 11 is 0. The van der Waals surface area contributed by atoms with Crippen LogP contribution in [-0.4, -0.2) is 26.6 Å². The summed E-state index contributed by atoms with van der Waals surface area (Å²) in [6.07, 6.45) is 2.30. The molecule has 0 saturated carbocycles. The highest BCUT2D eigenvalue weighted by molar-refractivity contribution is 7.92. The molecule has 164 valence electrons. The molecule has 0 radical (unpaired) electrons. The van der Waals surface area contributed by atoms with Gasteiger partial charge in [-0.1, -0.05) is 57.2 Å². The van der Waals surface area contributed by atoms with Gasteiger partial charge in [0.2, 0.25) is 15.9 Å². The molecule has 5 nitrogen and oxygen atoms in total. The second kappa shape index (κ2) is 10.1. The van der Waals surface area contributed by atoms with E-state index in [1.165, 1.54) is 4.31 Å². The van der Waals surface area contributed by atoms with Gasteiger partial charge in [-0.2, -0.15) is 0 Å². The molecular weight excluding hydrogens is 396 g/mol. The Labute approximate surface area is 181 Å². The van der Waals surface area contributed by atoms with Crippen molar-refractivity contribution >= 4 is 21.6 Å². The standard InChI is InChI=1S/C24H34N2O3S/c1-7-23(26(30(6,28)29)21-14-13-18(4)19(5)16-21)24(27)25-22(15-17(2)3)20-11-9-8-10-12-20/h8-14,16-17,22-23H,7,15H2,1-6H3,(H,25,27)/t22-,23+/m1/s1. The molecule has 0 aliphatic heterocycles. The van der Waals surface area contributed by atoms with Crippen molar-refractivity contribution in [3.8, 4) is 0 Å². The zero-order valence-electron chi connectivity index (χ0n) is 18.8. The average molecular weight is 431 g/mol. The summed E-state index contributed by atoms with van der Waals surface area (Å²) in [5, 5.41) is 3.12. The summed E-state index contributed by atoms with van der Waals surface area (Å²) < 4.78 is 26.7. The topological polar surface area (TPSA) is 66.5 Å². The van der Waals surface area contributed by atoms with Gasteiger partial charge in [-0.05, 0) is 61.4 Å². The summed E-state index contributed by atoms with van der Waals surface area (Å²) in [5.41, 5.74) is 3.60. The first-order valence-corrected chi connectivity index (χ1v) is 12.3. The number of hydrogen-bond donors (Lipinski definition) is 1. The van der Waals surface area contributed by atoms with Crippen LogP contribution in [0.25, 0.3) is 0 Å². The first kappa shape index (κ1) is 23.9. The van der Waals surface area contributed by atoms with Gasteiger partial charge in [-0.15, -0.1) is 0 Å². The normalized spacial score (nSPS) is 13.7. The van der Waals surface area contributed by atoms with E-state index in [2.05, 4.69) is 19.2 Å². The number of amides is 1. The zero-order valence-corrected chi connectivity index (χ0v) is 19.7. The van der Waals surface area contributed by atoms with Crippen LogP contribution in [0.1, 0.15) is 56.3 Å². The Balaban J connectivity index is 2.39. The molecule has 30 heavy (non-hydrogen) atoms. The van der Waals surface area contributed by atoms with Gasteiger partial charge in [0, 0.05) is 0 Å². The van der Waals surface area contributed by atoms with Gasteiger partial charge in [0.1, 0.15) is 6.04 Å². The Hall–Kier alpha value is -2.34. The van der Waals surface area contributed by atoms with E-state index in [9.17, 15) is 13.2 Å². The average Bonchev–Trinajstić information content (AvgIpc) is 2.67. The highest BCUT2D eigenvalue weighted by Crippen LogP contribution is 2.27. The fourth-order valence-electron chi connectivity index (χ4n) is 3.63. The van der Waals surface area contributed by atoms with Crippen molar-refractivity contribution in [3.05, 3.63) is 65.2 Å². The smallest absolute Gasteiger partial charge is 0.244 e. The monoisotopic (exact) mass is 430 g/mol. The summed E-state index contributed by atoms with van der Waals surface area (Å²) in [6.45, 7) is 9.97. The minimum Gasteiger partial charge on any atom is -0.347 e. The minimum absolute atomic E-state index is 0.172. The fraction of sp³-hybridized carbons (Fsp3) is 0.458. The summed E-state index contributed by atoms with van der Waals surface area (Å²) in [6, 6.07) is 14.3. The van der Waals surface area contributed by atoms with Crippen molar-refractivity contribution in [2.24, 2.45) is 5.92 Å². The zero-order chi connectivity index (χ0) is 22.5. The molecule has 0 saturated heterocycles. The molecule has 0 bridgehead atoms. The first-order chi connectivity index (χ1) is 14.0. The molecule has 2 aromatic carbocycles. The molecule has 0 unspecified atom stereocenters. The van der Waals surface area contributed by atoms with E-state index in [1.807, 2.05) is 63.2 Å². The molecule has 6 heteroatoms. The Morgan fingerprint density at radius 3 is 2.17 bits per heavy atom. The van der Waals surface area contributed by atoms with Crippen molar-refractivity contribution in [1.82, 2.24) is 5.32 Å². The van der Waals surface area contributed by atoms with E-state index in [0.717, 1.165) is 29.4 Å². The number of rotatable bonds is 9. The van der Waals surface area contributed by atoms with Crippen LogP contribution in [0.3, 0.4) is 0 Å². The number of nitrogens with zero attached hydrogens (tertiary/aromatic N) is 1. The van der Waals surface area contributed by atoms with E-state index in [0.29, 0.717) is 18.0 Å². The lowest BCUT2D eigenvalue weighted by Crippen LogP contribution is -2.50. The fourth-order valence-corrected chi connectivity index (χ4v) is 4.83. The van der Waals surface area contributed by atoms with Gasteiger partial charge in [0.05, 0.1) is 18.0 Å². The lowest BCUT2D eigenvalue weighted by atomic mass is 9.96. The Bertz CT molecular complexity index is 956. The summed E-state index contributed by atoms with van der Waals surface area (Å²) in [7, 11) is -3.65. The third kappa shape index (κ3) is 6.08. The van der Waals surface area contributed by atoms with Gasteiger partial charge in [0.15, 0.2) is 0 Å². The van der Waals surface area contributed by atoms with Gasteiger partial charge in [0.25, 0.3) is 0 Å². The molecule has 0 aromatic heterocycles. The van der Waals surface area contributed by atoms with Crippen LogP contribution in [0.2, 0.25) is 0 Å². The largest absolute Gasteiger partial charge is 0.347 e. The number of sulfonamides is 1. The second-order valence-corrected chi connectivity index (χ2v) is 10.2. The second-order valence-electron chi connectivity index (χ2n) is 8.35. The Morgan fingerprint density at radius 2 is 1.67 bits per heavy atom. The maximum atomic E-state index is 13.3. The van der Waals surface area contributed by atoms with E-state index in [-0.39, 0.29) is 11.9 Å². The molecule has 0 heterocycles. The van der Waals surface area contributed by atoms with E-state index >= 15 is 0 Å². The first-order valence-electron chi connectivity index (χ1n) is 10.5. The summed E-state index contributed by atoms with van der Waals surface area (Å²) in [4.78, 5) is 13.3. The number of hydrogen-bond acceptors (Lipinski definition) is 3. The predicted molar refractivity (Wildman–Crippen MR) is 124 cm³/mol. The number of aryl methyl sites for hydroxylation is 2. The van der Waals surface area contributed by atoms with Crippen molar-refractivity contribution in [2.45, 2.75) is 59.5 Å². The van der Waals surface area contributed by atoms with Crippen molar-refractivity contribution in [3.63, 3.8) is 0 Å². The molecule has 2 aromatic rings. The van der Waals surface area contributed by atoms with Gasteiger partial charge in [-0.3, -0.25) is 9.10 Å². The van der Waals surface area contributed by atoms with Crippen LogP contribution in [0.15, 0.2) is 48.5 Å². The molecule has 0 aliphatic carbocycles. The SMILES string of the molecule is CC[C@@H](C(=O)N[C@H](CC(C)C)c1ccccc1)N(c1ccc(C)c(C)c1)S(C)(=O)=O. The Morgan fingerprint density at radius 1 is 1.03 bits per heavy atom. The van der Waals surface area contributed by atoms with E-state index in [4.69, 9.17) is 0 Å². The van der Waals surface area contributed by atoms with Crippen LogP contribution in [0.4, 0.5) is 5.69 Å². The maximum absolute atomic E-state index is 13.3. The minimum atomic E-state index is -3.65. The summed E-state index contributed by atoms with van der Waals surface area (Å²) in [5.74, 6) is 0.0944. The van der Waals surface area contributed by atoms with Crippen LogP contribution < -0.4 is 9.62 Å². The van der Waals surface area contributed by atoms with E-state index in [1.54, 1.807) is 6.07 Å². The van der Waals surface area contributed by atoms with Crippen molar-refractivity contribution in [2.75, 3.05) is 10.6 Å². The molecule has 1 amide bonds.